The molecule has 4 aliphatic carbocycles. The lowest BCUT2D eigenvalue weighted by Crippen LogP contribution is -2.48. The number of cyclic esters (lactones) is 2. The molecule has 0 spiro atoms. The molecule has 0 bridgehead atoms. The van der Waals surface area contributed by atoms with Crippen LogP contribution in [0.2, 0.25) is 0 Å². The third-order valence-corrected chi connectivity index (χ3v) is 29.2. The van der Waals surface area contributed by atoms with Gasteiger partial charge in [0, 0.05) is 305 Å². The van der Waals surface area contributed by atoms with E-state index in [1.54, 1.807) is 35.1 Å². The minimum atomic E-state index is -1.95. The first-order chi connectivity index (χ1) is 68.3. The minimum absolute atomic E-state index is 0.0370. The molecule has 0 saturated heterocycles. The molecule has 0 radical (unpaired) electrons. The summed E-state index contributed by atoms with van der Waals surface area (Å²) in [6.07, 6.45) is 14.1. The van der Waals surface area contributed by atoms with E-state index < -0.39 is 60.0 Å². The van der Waals surface area contributed by atoms with Crippen LogP contribution >= 0.6 is 0 Å². The van der Waals surface area contributed by atoms with Gasteiger partial charge in [0.05, 0.1) is 58.0 Å². The molecular formula is C102H154N24O14. The monoisotopic (exact) mass is 1940 g/mol. The lowest BCUT2D eigenvalue weighted by atomic mass is 9.85. The maximum atomic E-state index is 14.1. The first kappa shape index (κ1) is 106. The van der Waals surface area contributed by atoms with Crippen LogP contribution in [0.4, 0.5) is 0 Å². The molecule has 4 aliphatic heterocycles. The zero-order chi connectivity index (χ0) is 98.0. The molecule has 16 N–H and O–H groups in total. The number of pyridine rings is 4. The molecule has 38 heteroatoms. The zero-order valence-corrected chi connectivity index (χ0v) is 82.6. The number of benzene rings is 2. The number of nitrogens with two attached hydrogens (primary N) is 2. The van der Waals surface area contributed by atoms with Crippen LogP contribution in [0, 0.1) is 0 Å². The quantitative estimate of drug-likeness (QED) is 0.0143. The first-order valence-corrected chi connectivity index (χ1v) is 52.0. The van der Waals surface area contributed by atoms with Crippen molar-refractivity contribution >= 4 is 69.3 Å². The highest BCUT2D eigenvalue weighted by Crippen LogP contribution is 2.44. The molecule has 8 heterocycles. The molecule has 140 heavy (non-hydrogen) atoms. The molecule has 14 rings (SSSR count). The lowest BCUT2D eigenvalue weighted by Gasteiger charge is -2.37. The predicted molar refractivity (Wildman–Crippen MR) is 538 cm³/mol. The summed E-state index contributed by atoms with van der Waals surface area (Å²) in [5.74, 6) is -5.15. The number of aromatic nitrogens is 4. The fourth-order valence-corrected chi connectivity index (χ4v) is 19.8. The standard InChI is InChI=1S/C102H154N24O14/c1-3-101(83-65-87-95-75(63-73-13-5-7-23-85(73)117-95)69-125(87)97(133)81(83)71-137-99(101)135)139-93(131)67-115-91(129)27-25-89(127)113-44-53-121(48-36-107-33-32-106-34-35-110-77-15-9-16-77)59-58-120(50-39-109-41-56-124(80-21-12-22-80)55-40-105-31-29-103)49-38-108-37-47-119(46-30-104)57-61-123(52-43-112-79-19-11-20-79)62-60-122(51-42-111-78-17-10-18-78)54-45-114-90(128)26-28-92(130)116-68-94(132)140-102(4-2)84-66-88-96-76(64-74-14-6-8-24-86(74)118-96)70-126(88)98(134)82(84)72-138-100(102)136/h5-8,13-14,23-24,63-66,77-80,105-112H,3-4,9-12,15-22,25-62,67-72,103-104H2,1-2H3,(H,113,127)(H,114,128)(H,115,129)(H,116,130)/t101-,102+/m0/s1. The second-order valence-corrected chi connectivity index (χ2v) is 38.6. The Labute approximate surface area is 822 Å². The highest BCUT2D eigenvalue weighted by atomic mass is 16.6. The molecule has 2 atom stereocenters. The molecule has 766 valence electrons. The number of esters is 4. The van der Waals surface area contributed by atoms with Gasteiger partial charge in [0.15, 0.2) is 0 Å². The lowest BCUT2D eigenvalue weighted by molar-refractivity contribution is -0.189. The topological polar surface area (TPSA) is 459 Å². The number of rotatable bonds is 67. The van der Waals surface area contributed by atoms with Gasteiger partial charge >= 0.3 is 23.9 Å². The van der Waals surface area contributed by atoms with Gasteiger partial charge in [0.1, 0.15) is 26.3 Å². The fourth-order valence-electron chi connectivity index (χ4n) is 19.8. The second-order valence-electron chi connectivity index (χ2n) is 38.6. The van der Waals surface area contributed by atoms with Crippen molar-refractivity contribution in [2.45, 2.75) is 191 Å². The fraction of sp³-hybridized carbons (Fsp3) is 0.647. The predicted octanol–water partition coefficient (Wildman–Crippen LogP) is 0.956. The van der Waals surface area contributed by atoms with Gasteiger partial charge in [-0.3, -0.25) is 67.8 Å². The van der Waals surface area contributed by atoms with Gasteiger partial charge in [-0.2, -0.15) is 0 Å². The Balaban J connectivity index is 0.542. The summed E-state index contributed by atoms with van der Waals surface area (Å²) in [5.41, 5.74) is 13.9. The third kappa shape index (κ3) is 29.3. The number of para-hydroxylation sites is 2. The maximum absolute atomic E-state index is 14.1. The van der Waals surface area contributed by atoms with Gasteiger partial charge in [0.2, 0.25) is 34.8 Å². The van der Waals surface area contributed by atoms with Crippen molar-refractivity contribution in [3.05, 3.63) is 127 Å². The van der Waals surface area contributed by atoms with Crippen LogP contribution in [0.1, 0.15) is 163 Å². The number of hydrogen-bond acceptors (Lipinski definition) is 32. The summed E-state index contributed by atoms with van der Waals surface area (Å²) >= 11 is 0. The third-order valence-electron chi connectivity index (χ3n) is 29.2. The SMILES string of the molecule is CC[C@]1(OC(=O)CNC(=O)CCC(=O)NCCN(CCNC2CCC2)CCN(CCNC2CCC2)CCN(CCN)CCNCCN(CCNCCN(CCNCCN)C2CCC2)CCN(CCNCCNCCNC2CCC2)CCNC(=O)CCC(=O)NCC(=O)O[C@]2(CC)C(=O)OCc3c2cc2n(c3=O)Cc3cc4ccccc4nc3-2)C(=O)OCc2c1cc1n(c2=O)Cc2cc3ccccc3nc2-1. The van der Waals surface area contributed by atoms with Crippen LogP contribution in [0.3, 0.4) is 0 Å². The molecule has 2 aromatic carbocycles. The summed E-state index contributed by atoms with van der Waals surface area (Å²) < 4.78 is 26.2. The molecule has 4 amide bonds. The van der Waals surface area contributed by atoms with Crippen LogP contribution in [-0.4, -0.2) is 356 Å². The van der Waals surface area contributed by atoms with Gasteiger partial charge in [-0.1, -0.05) is 75.9 Å². The van der Waals surface area contributed by atoms with Gasteiger partial charge < -0.3 is 103 Å². The molecule has 4 saturated carbocycles. The average molecular weight is 1940 g/mol. The van der Waals surface area contributed by atoms with E-state index in [0.717, 1.165) is 216 Å². The van der Waals surface area contributed by atoms with Crippen molar-refractivity contribution in [1.29, 1.82) is 0 Å². The smallest absolute Gasteiger partial charge is 0.355 e. The first-order valence-electron chi connectivity index (χ1n) is 52.0. The Morgan fingerprint density at radius 2 is 0.750 bits per heavy atom. The number of carbonyl (C=O) groups is 8. The normalized spacial score (nSPS) is 17.7. The molecule has 8 aliphatic rings. The van der Waals surface area contributed by atoms with E-state index in [4.69, 9.17) is 40.4 Å². The van der Waals surface area contributed by atoms with E-state index in [1.807, 2.05) is 60.7 Å². The highest BCUT2D eigenvalue weighted by molar-refractivity contribution is 5.92. The molecule has 4 fully saturated rings. The van der Waals surface area contributed by atoms with Crippen LogP contribution in [0.5, 0.6) is 0 Å². The Morgan fingerprint density at radius 3 is 1.14 bits per heavy atom. The molecular weight excluding hydrogens is 1790 g/mol. The van der Waals surface area contributed by atoms with Crippen molar-refractivity contribution in [1.82, 2.24) is 112 Å². The van der Waals surface area contributed by atoms with Crippen LogP contribution in [0.25, 0.3) is 44.6 Å². The summed E-state index contributed by atoms with van der Waals surface area (Å²) in [5, 5.41) is 42.6. The van der Waals surface area contributed by atoms with Gasteiger partial charge in [0.25, 0.3) is 11.1 Å². The Bertz CT molecular complexity index is 5240. The second kappa shape index (κ2) is 54.1. The van der Waals surface area contributed by atoms with Crippen molar-refractivity contribution < 1.29 is 57.3 Å². The number of nitrogens with zero attached hydrogens (tertiary/aromatic N) is 10. The van der Waals surface area contributed by atoms with Gasteiger partial charge in [-0.25, -0.2) is 19.6 Å². The summed E-state index contributed by atoms with van der Waals surface area (Å²) in [6, 6.07) is 25.1. The summed E-state index contributed by atoms with van der Waals surface area (Å²) in [4.78, 5) is 162. The van der Waals surface area contributed by atoms with E-state index >= 15 is 0 Å². The summed E-state index contributed by atoms with van der Waals surface area (Å²) in [6.45, 7) is 28.5. The minimum Gasteiger partial charge on any atom is -0.457 e. The highest BCUT2D eigenvalue weighted by Gasteiger charge is 2.52. The van der Waals surface area contributed by atoms with E-state index in [9.17, 15) is 47.9 Å². The largest absolute Gasteiger partial charge is 0.457 e. The van der Waals surface area contributed by atoms with Crippen LogP contribution in [0.15, 0.2) is 82.4 Å². The Morgan fingerprint density at radius 1 is 0.400 bits per heavy atom. The number of carbonyl (C=O) groups excluding carboxylic acids is 8. The van der Waals surface area contributed by atoms with Crippen LogP contribution in [-0.2, 0) is 94.8 Å². The number of fused-ring (bicyclic) bond motifs is 10. The van der Waals surface area contributed by atoms with E-state index in [1.165, 1.54) is 77.0 Å². The number of ether oxygens (including phenoxy) is 4. The van der Waals surface area contributed by atoms with E-state index in [-0.39, 0.29) is 110 Å². The number of nitrogens with one attached hydrogen (secondary N) is 12. The van der Waals surface area contributed by atoms with Crippen molar-refractivity contribution in [3.8, 4) is 22.8 Å². The molecule has 6 aromatic rings. The number of amides is 4. The van der Waals surface area contributed by atoms with Crippen LogP contribution < -0.4 is 86.4 Å². The molecule has 38 nitrogen and oxygen atoms in total. The molecule has 0 unspecified atom stereocenters. The number of hydrogen-bond donors (Lipinski definition) is 14. The van der Waals surface area contributed by atoms with Crippen molar-refractivity contribution in [2.75, 3.05) is 236 Å². The van der Waals surface area contributed by atoms with E-state index in [0.29, 0.717) is 86.2 Å². The average Bonchev–Trinajstić information content (AvgIpc) is 1.53. The maximum Gasteiger partial charge on any atom is 0.355 e. The van der Waals surface area contributed by atoms with E-state index in [2.05, 4.69) is 93.2 Å². The molecule has 4 aromatic heterocycles. The summed E-state index contributed by atoms with van der Waals surface area (Å²) in [7, 11) is 0. The van der Waals surface area contributed by atoms with Gasteiger partial charge in [-0.05, 0) is 101 Å². The van der Waals surface area contributed by atoms with Gasteiger partial charge in [-0.15, -0.1) is 0 Å². The van der Waals surface area contributed by atoms with Crippen molar-refractivity contribution in [2.24, 2.45) is 11.5 Å². The van der Waals surface area contributed by atoms with Crippen molar-refractivity contribution in [3.63, 3.8) is 0 Å². The Kier molecular flexibility index (Phi) is 41.0. The Hall–Kier alpha value is -9.72. The zero-order valence-electron chi connectivity index (χ0n) is 82.6.